The number of carboxylic acid groups (broad SMARTS) is 1. The predicted molar refractivity (Wildman–Crippen MR) is 55.3 cm³/mol. The summed E-state index contributed by atoms with van der Waals surface area (Å²) in [6.45, 7) is 0.955. The Balaban J connectivity index is 3.90. The maximum atomic E-state index is 11.1. The number of carboxylic acids is 1. The van der Waals surface area contributed by atoms with Gasteiger partial charge in [-0.05, 0) is 6.92 Å². The largest absolute Gasteiger partial charge is 0.480 e. The SMILES string of the molecule is CC(NC(=O)CNC(=O)C(N)CN)C(=O)O. The summed E-state index contributed by atoms with van der Waals surface area (Å²) in [6, 6.07) is -1.88. The van der Waals surface area contributed by atoms with Crippen molar-refractivity contribution >= 4 is 17.8 Å². The molecule has 0 aliphatic rings. The molecule has 0 saturated heterocycles. The molecule has 0 fully saturated rings. The van der Waals surface area contributed by atoms with Gasteiger partial charge in [0, 0.05) is 6.54 Å². The molecule has 8 nitrogen and oxygen atoms in total. The van der Waals surface area contributed by atoms with Crippen molar-refractivity contribution in [3.63, 3.8) is 0 Å². The van der Waals surface area contributed by atoms with E-state index in [0.717, 1.165) is 0 Å². The van der Waals surface area contributed by atoms with Gasteiger partial charge in [-0.1, -0.05) is 0 Å². The van der Waals surface area contributed by atoms with Crippen molar-refractivity contribution in [2.75, 3.05) is 13.1 Å². The van der Waals surface area contributed by atoms with E-state index < -0.39 is 29.9 Å². The Morgan fingerprint density at radius 3 is 2.38 bits per heavy atom. The van der Waals surface area contributed by atoms with Crippen molar-refractivity contribution in [2.45, 2.75) is 19.0 Å². The maximum Gasteiger partial charge on any atom is 0.325 e. The lowest BCUT2D eigenvalue weighted by molar-refractivity contribution is -0.141. The number of carbonyl (C=O) groups is 3. The van der Waals surface area contributed by atoms with Crippen molar-refractivity contribution < 1.29 is 19.5 Å². The van der Waals surface area contributed by atoms with E-state index in [2.05, 4.69) is 10.6 Å². The quantitative estimate of drug-likeness (QED) is 0.329. The van der Waals surface area contributed by atoms with Gasteiger partial charge in [0.25, 0.3) is 0 Å². The summed E-state index contributed by atoms with van der Waals surface area (Å²) in [5, 5.41) is 12.9. The lowest BCUT2D eigenvalue weighted by atomic mass is 10.3. The highest BCUT2D eigenvalue weighted by atomic mass is 16.4. The molecule has 7 N–H and O–H groups in total. The smallest absolute Gasteiger partial charge is 0.325 e. The van der Waals surface area contributed by atoms with Crippen LogP contribution in [0.2, 0.25) is 0 Å². The monoisotopic (exact) mass is 232 g/mol. The van der Waals surface area contributed by atoms with Gasteiger partial charge < -0.3 is 27.2 Å². The van der Waals surface area contributed by atoms with E-state index in [1.807, 2.05) is 0 Å². The summed E-state index contributed by atoms with van der Waals surface area (Å²) in [5.41, 5.74) is 10.4. The lowest BCUT2D eigenvalue weighted by Gasteiger charge is -2.11. The van der Waals surface area contributed by atoms with Crippen molar-refractivity contribution in [1.82, 2.24) is 10.6 Å². The topological polar surface area (TPSA) is 148 Å². The van der Waals surface area contributed by atoms with Gasteiger partial charge in [-0.3, -0.25) is 14.4 Å². The Hall–Kier alpha value is -1.67. The first-order valence-electron chi connectivity index (χ1n) is 4.64. The number of aliphatic carboxylic acids is 1. The van der Waals surface area contributed by atoms with Crippen molar-refractivity contribution in [3.8, 4) is 0 Å². The molecule has 0 bridgehead atoms. The van der Waals surface area contributed by atoms with Gasteiger partial charge in [0.15, 0.2) is 0 Å². The fourth-order valence-corrected chi connectivity index (χ4v) is 0.760. The second-order valence-corrected chi connectivity index (χ2v) is 3.19. The van der Waals surface area contributed by atoms with E-state index >= 15 is 0 Å². The number of carbonyl (C=O) groups excluding carboxylic acids is 2. The van der Waals surface area contributed by atoms with E-state index in [0.29, 0.717) is 0 Å². The number of hydrogen-bond donors (Lipinski definition) is 5. The molecule has 0 rings (SSSR count). The zero-order valence-corrected chi connectivity index (χ0v) is 8.90. The molecular weight excluding hydrogens is 216 g/mol. The van der Waals surface area contributed by atoms with Gasteiger partial charge in [-0.25, -0.2) is 0 Å². The van der Waals surface area contributed by atoms with E-state index in [4.69, 9.17) is 16.6 Å². The Kier molecular flexibility index (Phi) is 6.04. The van der Waals surface area contributed by atoms with Crippen LogP contribution in [-0.4, -0.2) is 48.1 Å². The van der Waals surface area contributed by atoms with E-state index in [1.54, 1.807) is 0 Å². The van der Waals surface area contributed by atoms with E-state index in [9.17, 15) is 14.4 Å². The van der Waals surface area contributed by atoms with Crippen LogP contribution in [0, 0.1) is 0 Å². The minimum absolute atomic E-state index is 0.0288. The summed E-state index contributed by atoms with van der Waals surface area (Å²) >= 11 is 0. The first kappa shape index (κ1) is 14.3. The Labute approximate surface area is 92.4 Å². The van der Waals surface area contributed by atoms with Crippen LogP contribution < -0.4 is 22.1 Å². The van der Waals surface area contributed by atoms with Crippen LogP contribution in [-0.2, 0) is 14.4 Å². The van der Waals surface area contributed by atoms with Crippen LogP contribution in [0.3, 0.4) is 0 Å². The van der Waals surface area contributed by atoms with E-state index in [1.165, 1.54) is 6.92 Å². The van der Waals surface area contributed by atoms with Crippen LogP contribution in [0.4, 0.5) is 0 Å². The lowest BCUT2D eigenvalue weighted by Crippen LogP contribution is -2.49. The third-order valence-corrected chi connectivity index (χ3v) is 1.76. The van der Waals surface area contributed by atoms with Crippen LogP contribution in [0.15, 0.2) is 0 Å². The number of nitrogens with two attached hydrogens (primary N) is 2. The highest BCUT2D eigenvalue weighted by Gasteiger charge is 2.16. The molecule has 2 amide bonds. The average molecular weight is 232 g/mol. The van der Waals surface area contributed by atoms with Crippen LogP contribution in [0.5, 0.6) is 0 Å². The van der Waals surface area contributed by atoms with Crippen LogP contribution in [0.25, 0.3) is 0 Å². The molecule has 0 heterocycles. The molecule has 0 aromatic carbocycles. The average Bonchev–Trinajstić information content (AvgIpc) is 2.24. The molecule has 0 saturated carbocycles. The molecule has 0 aliphatic heterocycles. The molecule has 0 aromatic rings. The Bertz CT molecular complexity index is 281. The molecule has 0 radical (unpaired) electrons. The summed E-state index contributed by atoms with van der Waals surface area (Å²) in [5.74, 6) is -2.31. The van der Waals surface area contributed by atoms with Gasteiger partial charge in [0.05, 0.1) is 12.6 Å². The summed E-state index contributed by atoms with van der Waals surface area (Å²) < 4.78 is 0. The summed E-state index contributed by atoms with van der Waals surface area (Å²) in [4.78, 5) is 32.6. The molecule has 8 heteroatoms. The third kappa shape index (κ3) is 5.27. The minimum atomic E-state index is -1.15. The third-order valence-electron chi connectivity index (χ3n) is 1.76. The van der Waals surface area contributed by atoms with Gasteiger partial charge in [0.2, 0.25) is 11.8 Å². The number of nitrogens with one attached hydrogen (secondary N) is 2. The molecule has 2 atom stereocenters. The zero-order valence-electron chi connectivity index (χ0n) is 8.90. The zero-order chi connectivity index (χ0) is 12.7. The normalized spacial score (nSPS) is 13.7. The maximum absolute atomic E-state index is 11.1. The first-order valence-corrected chi connectivity index (χ1v) is 4.64. The number of amides is 2. The number of hydrogen-bond acceptors (Lipinski definition) is 5. The molecule has 2 unspecified atom stereocenters. The van der Waals surface area contributed by atoms with Crippen molar-refractivity contribution in [3.05, 3.63) is 0 Å². The minimum Gasteiger partial charge on any atom is -0.480 e. The Morgan fingerprint density at radius 2 is 1.94 bits per heavy atom. The molecular formula is C8H16N4O4. The highest BCUT2D eigenvalue weighted by Crippen LogP contribution is 1.81. The van der Waals surface area contributed by atoms with Crippen LogP contribution in [0.1, 0.15) is 6.92 Å². The molecule has 0 spiro atoms. The fourth-order valence-electron chi connectivity index (χ4n) is 0.760. The van der Waals surface area contributed by atoms with Gasteiger partial charge in [-0.15, -0.1) is 0 Å². The van der Waals surface area contributed by atoms with Crippen molar-refractivity contribution in [2.24, 2.45) is 11.5 Å². The summed E-state index contributed by atoms with van der Waals surface area (Å²) in [6.07, 6.45) is 0. The van der Waals surface area contributed by atoms with Gasteiger partial charge in [0.1, 0.15) is 6.04 Å². The molecule has 92 valence electrons. The van der Waals surface area contributed by atoms with Crippen molar-refractivity contribution in [1.29, 1.82) is 0 Å². The van der Waals surface area contributed by atoms with Crippen LogP contribution >= 0.6 is 0 Å². The number of rotatable bonds is 6. The highest BCUT2D eigenvalue weighted by molar-refractivity contribution is 5.89. The predicted octanol–water partition coefficient (Wildman–Crippen LogP) is -3.02. The second-order valence-electron chi connectivity index (χ2n) is 3.19. The molecule has 0 aliphatic carbocycles. The summed E-state index contributed by atoms with van der Waals surface area (Å²) in [7, 11) is 0. The van der Waals surface area contributed by atoms with Gasteiger partial charge in [-0.2, -0.15) is 0 Å². The second kappa shape index (κ2) is 6.75. The van der Waals surface area contributed by atoms with Gasteiger partial charge >= 0.3 is 5.97 Å². The first-order chi connectivity index (χ1) is 7.38. The Morgan fingerprint density at radius 1 is 1.38 bits per heavy atom. The molecule has 0 aromatic heterocycles. The fraction of sp³-hybridized carbons (Fsp3) is 0.625. The van der Waals surface area contributed by atoms with E-state index in [-0.39, 0.29) is 13.1 Å². The standard InChI is InChI=1S/C8H16N4O4/c1-4(8(15)16)12-6(13)3-11-7(14)5(10)2-9/h4-5H,2-3,9-10H2,1H3,(H,11,14)(H,12,13)(H,15,16). The molecule has 16 heavy (non-hydrogen) atoms.